The van der Waals surface area contributed by atoms with Gasteiger partial charge in [-0.25, -0.2) is 4.98 Å². The molecule has 3 fully saturated rings. The van der Waals surface area contributed by atoms with Crippen LogP contribution in [-0.2, 0) is 0 Å². The van der Waals surface area contributed by atoms with Crippen LogP contribution in [0.4, 0.5) is 10.1 Å². The summed E-state index contributed by atoms with van der Waals surface area (Å²) in [7, 11) is 0. The molecule has 0 spiro atoms. The second-order valence-corrected chi connectivity index (χ2v) is 5.53. The third kappa shape index (κ3) is 1.14. The van der Waals surface area contributed by atoms with Gasteiger partial charge in [-0.05, 0) is 49.0 Å². The molecular weight excluding hydrogens is 203 g/mol. The molecule has 3 saturated carbocycles. The Hall–Kier alpha value is -1.12. The normalized spacial score (nSPS) is 43.2. The summed E-state index contributed by atoms with van der Waals surface area (Å²) in [5.74, 6) is 3.29. The minimum absolute atomic E-state index is 0.390. The van der Waals surface area contributed by atoms with Crippen molar-refractivity contribution in [1.29, 1.82) is 0 Å². The average molecular weight is 218 g/mol. The Balaban J connectivity index is 1.51. The fraction of sp³-hybridized carbons (Fsp3) is 0.615. The SMILES string of the molecule is Fc1cc(NC2C3C4CCC(C4)C23)ccn1. The molecule has 4 unspecified atom stereocenters. The number of aromatic nitrogens is 1. The lowest BCUT2D eigenvalue weighted by Crippen LogP contribution is -2.12. The molecule has 1 N–H and O–H groups in total. The van der Waals surface area contributed by atoms with E-state index in [-0.39, 0.29) is 0 Å². The van der Waals surface area contributed by atoms with E-state index in [1.165, 1.54) is 31.5 Å². The minimum atomic E-state index is -0.390. The van der Waals surface area contributed by atoms with E-state index in [4.69, 9.17) is 0 Å². The van der Waals surface area contributed by atoms with Crippen LogP contribution in [0.2, 0.25) is 0 Å². The summed E-state index contributed by atoms with van der Waals surface area (Å²) in [4.78, 5) is 3.58. The lowest BCUT2D eigenvalue weighted by atomic mass is 10.0. The number of pyridine rings is 1. The van der Waals surface area contributed by atoms with Crippen molar-refractivity contribution in [3.63, 3.8) is 0 Å². The highest BCUT2D eigenvalue weighted by molar-refractivity contribution is 5.45. The zero-order chi connectivity index (χ0) is 10.7. The maximum absolute atomic E-state index is 12.9. The van der Waals surface area contributed by atoms with E-state index in [1.54, 1.807) is 0 Å². The second kappa shape index (κ2) is 2.96. The van der Waals surface area contributed by atoms with E-state index in [2.05, 4.69) is 10.3 Å². The molecular formula is C13H15FN2. The molecule has 0 aromatic carbocycles. The van der Waals surface area contributed by atoms with Gasteiger partial charge in [0.25, 0.3) is 0 Å². The van der Waals surface area contributed by atoms with Crippen LogP contribution in [0, 0.1) is 29.6 Å². The maximum Gasteiger partial charge on any atom is 0.214 e. The molecule has 4 rings (SSSR count). The smallest absolute Gasteiger partial charge is 0.214 e. The van der Waals surface area contributed by atoms with Crippen LogP contribution < -0.4 is 5.32 Å². The van der Waals surface area contributed by atoms with E-state index in [0.29, 0.717) is 6.04 Å². The largest absolute Gasteiger partial charge is 0.382 e. The van der Waals surface area contributed by atoms with Crippen molar-refractivity contribution >= 4 is 5.69 Å². The molecule has 1 aromatic heterocycles. The Labute approximate surface area is 94.3 Å². The summed E-state index contributed by atoms with van der Waals surface area (Å²) in [5.41, 5.74) is 0.895. The third-order valence-electron chi connectivity index (χ3n) is 4.80. The Morgan fingerprint density at radius 3 is 2.69 bits per heavy atom. The minimum Gasteiger partial charge on any atom is -0.382 e. The lowest BCUT2D eigenvalue weighted by molar-refractivity contribution is 0.456. The molecule has 4 atom stereocenters. The number of hydrogen-bond donors (Lipinski definition) is 1. The highest BCUT2D eigenvalue weighted by atomic mass is 19.1. The second-order valence-electron chi connectivity index (χ2n) is 5.53. The summed E-state index contributed by atoms with van der Waals surface area (Å²) in [5, 5.41) is 3.48. The molecule has 1 aromatic rings. The summed E-state index contributed by atoms with van der Waals surface area (Å²) in [6.07, 6.45) is 5.84. The van der Waals surface area contributed by atoms with Crippen LogP contribution in [0.1, 0.15) is 19.3 Å². The fourth-order valence-electron chi connectivity index (χ4n) is 4.20. The van der Waals surface area contributed by atoms with Crippen molar-refractivity contribution in [2.24, 2.45) is 23.7 Å². The number of rotatable bonds is 2. The summed E-state index contributed by atoms with van der Waals surface area (Å²) < 4.78 is 12.9. The zero-order valence-corrected chi connectivity index (χ0v) is 9.07. The zero-order valence-electron chi connectivity index (χ0n) is 9.07. The Morgan fingerprint density at radius 1 is 1.25 bits per heavy atom. The number of nitrogens with zero attached hydrogens (tertiary/aromatic N) is 1. The molecule has 0 radical (unpaired) electrons. The highest BCUT2D eigenvalue weighted by Crippen LogP contribution is 2.66. The van der Waals surface area contributed by atoms with Crippen molar-refractivity contribution in [2.75, 3.05) is 5.32 Å². The van der Waals surface area contributed by atoms with Crippen LogP contribution >= 0.6 is 0 Å². The third-order valence-corrected chi connectivity index (χ3v) is 4.80. The van der Waals surface area contributed by atoms with Gasteiger partial charge in [0, 0.05) is 24.0 Å². The number of halogens is 1. The van der Waals surface area contributed by atoms with Gasteiger partial charge >= 0.3 is 0 Å². The first kappa shape index (κ1) is 8.97. The van der Waals surface area contributed by atoms with Gasteiger partial charge < -0.3 is 5.32 Å². The van der Waals surface area contributed by atoms with Gasteiger partial charge in [0.1, 0.15) is 0 Å². The number of anilines is 1. The molecule has 3 aliphatic carbocycles. The average Bonchev–Trinajstić information content (AvgIpc) is 2.70. The topological polar surface area (TPSA) is 24.9 Å². The van der Waals surface area contributed by atoms with Crippen LogP contribution in [0.5, 0.6) is 0 Å². The fourth-order valence-corrected chi connectivity index (χ4v) is 4.20. The summed E-state index contributed by atoms with van der Waals surface area (Å²) in [6, 6.07) is 3.97. The van der Waals surface area contributed by atoms with Crippen molar-refractivity contribution in [3.05, 3.63) is 24.3 Å². The molecule has 0 aliphatic heterocycles. The quantitative estimate of drug-likeness (QED) is 0.772. The summed E-state index contributed by atoms with van der Waals surface area (Å²) in [6.45, 7) is 0. The molecule has 1 heterocycles. The molecule has 3 aliphatic rings. The molecule has 2 bridgehead atoms. The van der Waals surface area contributed by atoms with Gasteiger partial charge in [-0.15, -0.1) is 0 Å². The van der Waals surface area contributed by atoms with Crippen LogP contribution in [0.3, 0.4) is 0 Å². The van der Waals surface area contributed by atoms with Crippen LogP contribution in [0.15, 0.2) is 18.3 Å². The maximum atomic E-state index is 12.9. The molecule has 84 valence electrons. The standard InChI is InChI=1S/C13H15FN2/c14-10-6-9(3-4-15-10)16-13-11-7-1-2-8(5-7)12(11)13/h3-4,6-8,11-13H,1-2,5H2,(H,15,16). The predicted molar refractivity (Wildman–Crippen MR) is 59.4 cm³/mol. The lowest BCUT2D eigenvalue weighted by Gasteiger charge is -2.11. The molecule has 16 heavy (non-hydrogen) atoms. The van der Waals surface area contributed by atoms with Crippen LogP contribution in [-0.4, -0.2) is 11.0 Å². The number of hydrogen-bond acceptors (Lipinski definition) is 2. The Kier molecular flexibility index (Phi) is 1.66. The van der Waals surface area contributed by atoms with E-state index in [1.807, 2.05) is 6.07 Å². The number of nitrogens with one attached hydrogen (secondary N) is 1. The van der Waals surface area contributed by atoms with E-state index >= 15 is 0 Å². The van der Waals surface area contributed by atoms with Crippen molar-refractivity contribution < 1.29 is 4.39 Å². The Morgan fingerprint density at radius 2 is 2.00 bits per heavy atom. The first-order chi connectivity index (χ1) is 7.83. The van der Waals surface area contributed by atoms with E-state index in [9.17, 15) is 4.39 Å². The van der Waals surface area contributed by atoms with Gasteiger partial charge in [-0.3, -0.25) is 0 Å². The molecule has 0 amide bonds. The van der Waals surface area contributed by atoms with Gasteiger partial charge in [0.05, 0.1) is 0 Å². The van der Waals surface area contributed by atoms with Gasteiger partial charge in [0.2, 0.25) is 5.95 Å². The Bertz CT molecular complexity index is 418. The number of fused-ring (bicyclic) bond motifs is 5. The van der Waals surface area contributed by atoms with Crippen molar-refractivity contribution in [1.82, 2.24) is 4.98 Å². The van der Waals surface area contributed by atoms with Gasteiger partial charge in [-0.1, -0.05) is 0 Å². The van der Waals surface area contributed by atoms with Gasteiger partial charge in [0.15, 0.2) is 0 Å². The molecule has 3 heteroatoms. The van der Waals surface area contributed by atoms with Gasteiger partial charge in [-0.2, -0.15) is 4.39 Å². The first-order valence-electron chi connectivity index (χ1n) is 6.21. The monoisotopic (exact) mass is 218 g/mol. The van der Waals surface area contributed by atoms with Crippen molar-refractivity contribution in [2.45, 2.75) is 25.3 Å². The molecule has 2 nitrogen and oxygen atoms in total. The van der Waals surface area contributed by atoms with Crippen molar-refractivity contribution in [3.8, 4) is 0 Å². The predicted octanol–water partition coefficient (Wildman–Crippen LogP) is 2.68. The molecule has 0 saturated heterocycles. The highest BCUT2D eigenvalue weighted by Gasteiger charge is 2.64. The van der Waals surface area contributed by atoms with Crippen LogP contribution in [0.25, 0.3) is 0 Å². The summed E-state index contributed by atoms with van der Waals surface area (Å²) >= 11 is 0. The first-order valence-corrected chi connectivity index (χ1v) is 6.21. The van der Waals surface area contributed by atoms with E-state index in [0.717, 1.165) is 29.4 Å². The van der Waals surface area contributed by atoms with E-state index < -0.39 is 5.95 Å².